The molecule has 2 rings (SSSR count). The van der Waals surface area contributed by atoms with E-state index in [2.05, 4.69) is 9.97 Å². The molecule has 0 unspecified atom stereocenters. The van der Waals surface area contributed by atoms with E-state index in [1.54, 1.807) is 13.3 Å². The first-order valence-corrected chi connectivity index (χ1v) is 4.05. The van der Waals surface area contributed by atoms with Gasteiger partial charge in [-0.15, -0.1) is 0 Å². The summed E-state index contributed by atoms with van der Waals surface area (Å²) in [5, 5.41) is 0. The average molecular weight is 181 g/mol. The topological polar surface area (TPSA) is 70.3 Å². The summed E-state index contributed by atoms with van der Waals surface area (Å²) in [7, 11) is 1.57. The van der Waals surface area contributed by atoms with Gasteiger partial charge in [0.2, 0.25) is 11.8 Å². The van der Waals surface area contributed by atoms with Gasteiger partial charge in [0, 0.05) is 17.7 Å². The Hall–Kier alpha value is -1.36. The summed E-state index contributed by atoms with van der Waals surface area (Å²) in [6.45, 7) is 1.42. The van der Waals surface area contributed by atoms with Crippen molar-refractivity contribution in [2.75, 3.05) is 26.1 Å². The Morgan fingerprint density at radius 2 is 2.38 bits per heavy atom. The number of anilines is 1. The molecule has 0 aliphatic carbocycles. The van der Waals surface area contributed by atoms with E-state index in [1.807, 2.05) is 0 Å². The summed E-state index contributed by atoms with van der Waals surface area (Å²) >= 11 is 0. The molecule has 13 heavy (non-hydrogen) atoms. The Morgan fingerprint density at radius 3 is 2.92 bits per heavy atom. The van der Waals surface area contributed by atoms with Crippen LogP contribution in [0.2, 0.25) is 0 Å². The Bertz CT molecular complexity index is 312. The normalized spacial score (nSPS) is 16.7. The number of nitrogens with two attached hydrogens (primary N) is 1. The Labute approximate surface area is 75.9 Å². The van der Waals surface area contributed by atoms with Crippen LogP contribution in [0.4, 0.5) is 5.95 Å². The van der Waals surface area contributed by atoms with Gasteiger partial charge >= 0.3 is 0 Å². The van der Waals surface area contributed by atoms with Gasteiger partial charge in [-0.1, -0.05) is 0 Å². The van der Waals surface area contributed by atoms with Crippen LogP contribution in [0.15, 0.2) is 6.20 Å². The quantitative estimate of drug-likeness (QED) is 0.704. The number of methoxy groups -OCH3 is 1. The molecular weight excluding hydrogens is 170 g/mol. The Kier molecular flexibility index (Phi) is 2.02. The zero-order valence-electron chi connectivity index (χ0n) is 7.36. The van der Waals surface area contributed by atoms with Crippen molar-refractivity contribution in [2.45, 2.75) is 5.92 Å². The Morgan fingerprint density at radius 1 is 1.62 bits per heavy atom. The van der Waals surface area contributed by atoms with Gasteiger partial charge < -0.3 is 15.2 Å². The lowest BCUT2D eigenvalue weighted by Gasteiger charge is -2.26. The molecule has 0 radical (unpaired) electrons. The van der Waals surface area contributed by atoms with Crippen molar-refractivity contribution in [1.82, 2.24) is 9.97 Å². The molecule has 1 fully saturated rings. The number of aromatic nitrogens is 2. The van der Waals surface area contributed by atoms with Crippen molar-refractivity contribution in [3.8, 4) is 5.88 Å². The molecular formula is C8H11N3O2. The van der Waals surface area contributed by atoms with Gasteiger partial charge in [0.05, 0.1) is 20.3 Å². The predicted molar refractivity (Wildman–Crippen MR) is 46.6 cm³/mol. The molecule has 0 bridgehead atoms. The summed E-state index contributed by atoms with van der Waals surface area (Å²) in [6, 6.07) is 0. The maximum absolute atomic E-state index is 5.43. The van der Waals surface area contributed by atoms with Crippen molar-refractivity contribution in [2.24, 2.45) is 0 Å². The highest BCUT2D eigenvalue weighted by Gasteiger charge is 2.25. The third kappa shape index (κ3) is 1.42. The zero-order chi connectivity index (χ0) is 9.26. The van der Waals surface area contributed by atoms with Crippen LogP contribution in [-0.2, 0) is 4.74 Å². The van der Waals surface area contributed by atoms with Crippen molar-refractivity contribution < 1.29 is 9.47 Å². The molecule has 0 saturated carbocycles. The van der Waals surface area contributed by atoms with Gasteiger partial charge in [-0.05, 0) is 0 Å². The molecule has 1 saturated heterocycles. The SMILES string of the molecule is COc1nc(N)ncc1C1COC1. The third-order valence-electron chi connectivity index (χ3n) is 2.07. The van der Waals surface area contributed by atoms with E-state index >= 15 is 0 Å². The summed E-state index contributed by atoms with van der Waals surface area (Å²) in [6.07, 6.45) is 1.70. The first kappa shape index (κ1) is 8.25. The minimum absolute atomic E-state index is 0.237. The van der Waals surface area contributed by atoms with Crippen LogP contribution in [0.1, 0.15) is 11.5 Å². The van der Waals surface area contributed by atoms with Crippen LogP contribution in [0.3, 0.4) is 0 Å². The predicted octanol–water partition coefficient (Wildman–Crippen LogP) is 0.181. The van der Waals surface area contributed by atoms with Crippen LogP contribution in [0, 0.1) is 0 Å². The van der Waals surface area contributed by atoms with Crippen molar-refractivity contribution >= 4 is 5.95 Å². The zero-order valence-corrected chi connectivity index (χ0v) is 7.36. The van der Waals surface area contributed by atoms with Gasteiger partial charge in [0.1, 0.15) is 0 Å². The highest BCUT2D eigenvalue weighted by atomic mass is 16.5. The molecule has 1 aromatic heterocycles. The molecule has 2 heterocycles. The molecule has 1 aliphatic heterocycles. The minimum atomic E-state index is 0.237. The van der Waals surface area contributed by atoms with Crippen molar-refractivity contribution in [1.29, 1.82) is 0 Å². The molecule has 5 nitrogen and oxygen atoms in total. The fourth-order valence-corrected chi connectivity index (χ4v) is 1.25. The number of rotatable bonds is 2. The summed E-state index contributed by atoms with van der Waals surface area (Å²) in [5.41, 5.74) is 6.40. The first-order chi connectivity index (χ1) is 6.31. The summed E-state index contributed by atoms with van der Waals surface area (Å²) in [4.78, 5) is 7.91. The van der Waals surface area contributed by atoms with E-state index < -0.39 is 0 Å². The first-order valence-electron chi connectivity index (χ1n) is 4.05. The molecule has 2 N–H and O–H groups in total. The molecule has 0 amide bonds. The lowest BCUT2D eigenvalue weighted by Crippen LogP contribution is -2.26. The average Bonchev–Trinajstić information content (AvgIpc) is 2.05. The molecule has 0 spiro atoms. The number of nitrogen functional groups attached to an aromatic ring is 1. The minimum Gasteiger partial charge on any atom is -0.481 e. The van der Waals surface area contributed by atoms with E-state index in [0.717, 1.165) is 5.56 Å². The molecule has 0 atom stereocenters. The molecule has 0 aromatic carbocycles. The number of hydrogen-bond donors (Lipinski definition) is 1. The molecule has 70 valence electrons. The van der Waals surface area contributed by atoms with Crippen LogP contribution in [0.5, 0.6) is 5.88 Å². The Balaban J connectivity index is 2.32. The fourth-order valence-electron chi connectivity index (χ4n) is 1.25. The second kappa shape index (κ2) is 3.18. The second-order valence-corrected chi connectivity index (χ2v) is 2.93. The summed E-state index contributed by atoms with van der Waals surface area (Å²) < 4.78 is 10.2. The highest BCUT2D eigenvalue weighted by molar-refractivity contribution is 5.33. The summed E-state index contributed by atoms with van der Waals surface area (Å²) in [5.74, 6) is 1.15. The van der Waals surface area contributed by atoms with Crippen LogP contribution >= 0.6 is 0 Å². The van der Waals surface area contributed by atoms with E-state index in [9.17, 15) is 0 Å². The lowest BCUT2D eigenvalue weighted by molar-refractivity contribution is 0.00716. The smallest absolute Gasteiger partial charge is 0.223 e. The highest BCUT2D eigenvalue weighted by Crippen LogP contribution is 2.29. The van der Waals surface area contributed by atoms with Gasteiger partial charge in [-0.3, -0.25) is 0 Å². The van der Waals surface area contributed by atoms with Gasteiger partial charge in [-0.25, -0.2) is 4.98 Å². The van der Waals surface area contributed by atoms with Gasteiger partial charge in [0.15, 0.2) is 0 Å². The van der Waals surface area contributed by atoms with E-state index in [4.69, 9.17) is 15.2 Å². The van der Waals surface area contributed by atoms with E-state index in [1.165, 1.54) is 0 Å². The van der Waals surface area contributed by atoms with Crippen LogP contribution in [-0.4, -0.2) is 30.3 Å². The van der Waals surface area contributed by atoms with Gasteiger partial charge in [0.25, 0.3) is 0 Å². The van der Waals surface area contributed by atoms with Crippen molar-refractivity contribution in [3.63, 3.8) is 0 Å². The standard InChI is InChI=1S/C8H11N3O2/c1-12-7-6(5-3-13-4-5)2-10-8(9)11-7/h2,5H,3-4H2,1H3,(H2,9,10,11). The van der Waals surface area contributed by atoms with E-state index in [-0.39, 0.29) is 5.95 Å². The number of nitrogens with zero attached hydrogens (tertiary/aromatic N) is 2. The van der Waals surface area contributed by atoms with Crippen LogP contribution in [0.25, 0.3) is 0 Å². The second-order valence-electron chi connectivity index (χ2n) is 2.93. The largest absolute Gasteiger partial charge is 0.481 e. The number of ether oxygens (including phenoxy) is 2. The number of hydrogen-bond acceptors (Lipinski definition) is 5. The van der Waals surface area contributed by atoms with Crippen LogP contribution < -0.4 is 10.5 Å². The molecule has 1 aromatic rings. The fraction of sp³-hybridized carbons (Fsp3) is 0.500. The third-order valence-corrected chi connectivity index (χ3v) is 2.07. The maximum atomic E-state index is 5.43. The van der Waals surface area contributed by atoms with Gasteiger partial charge in [-0.2, -0.15) is 4.98 Å². The molecule has 5 heteroatoms. The lowest BCUT2D eigenvalue weighted by atomic mass is 10.0. The van der Waals surface area contributed by atoms with E-state index in [0.29, 0.717) is 25.0 Å². The monoisotopic (exact) mass is 181 g/mol. The van der Waals surface area contributed by atoms with Crippen molar-refractivity contribution in [3.05, 3.63) is 11.8 Å². The molecule has 1 aliphatic rings. The maximum Gasteiger partial charge on any atom is 0.223 e.